The van der Waals surface area contributed by atoms with E-state index in [-0.39, 0.29) is 11.4 Å². The van der Waals surface area contributed by atoms with Crippen LogP contribution in [0.3, 0.4) is 0 Å². The summed E-state index contributed by atoms with van der Waals surface area (Å²) in [6.45, 7) is 0.521. The van der Waals surface area contributed by atoms with E-state index in [1.165, 1.54) is 0 Å². The van der Waals surface area contributed by atoms with E-state index in [1.54, 1.807) is 24.3 Å². The van der Waals surface area contributed by atoms with Crippen molar-refractivity contribution in [2.45, 2.75) is 6.54 Å². The van der Waals surface area contributed by atoms with Crippen LogP contribution in [0, 0.1) is 5.41 Å². The number of carboxylic acids is 1. The molecule has 180 valence electrons. The number of anilines is 1. The van der Waals surface area contributed by atoms with Crippen LogP contribution >= 0.6 is 0 Å². The zero-order valence-corrected chi connectivity index (χ0v) is 19.7. The second-order valence-electron chi connectivity index (χ2n) is 7.78. The van der Waals surface area contributed by atoms with Crippen molar-refractivity contribution in [2.24, 2.45) is 5.73 Å². The number of benzene rings is 4. The topological polar surface area (TPSA) is 154 Å². The number of carboxylic acid groups (broad SMARTS) is 1. The van der Waals surface area contributed by atoms with Crippen LogP contribution in [-0.2, 0) is 16.7 Å². The fraction of sp³-hybridized carbons (Fsp3) is 0.0769. The molecular weight excluding hydrogens is 466 g/mol. The quantitative estimate of drug-likeness (QED) is 0.150. The van der Waals surface area contributed by atoms with E-state index < -0.39 is 16.1 Å². The number of rotatable bonds is 6. The standard InChI is InChI=1S/C25H21N3O2.CH4O3S/c26-24(27)16-9-11-20(12-10-16)28-15-19-13-17-5-1-2-6-18(17)14-23(19)21-7-3-4-8-22(21)25(29)30;1-5(2,3)4/h1-14,28H,15H2,(H3,26,27)(H,29,30);1H3,(H,2,3,4). The minimum Gasteiger partial charge on any atom is -0.478 e. The fourth-order valence-corrected chi connectivity index (χ4v) is 3.55. The first-order valence-electron chi connectivity index (χ1n) is 10.5. The lowest BCUT2D eigenvalue weighted by molar-refractivity contribution is 0.0697. The van der Waals surface area contributed by atoms with Crippen LogP contribution in [0.2, 0.25) is 0 Å². The fourth-order valence-electron chi connectivity index (χ4n) is 3.55. The molecule has 0 aliphatic heterocycles. The smallest absolute Gasteiger partial charge is 0.336 e. The van der Waals surface area contributed by atoms with Crippen molar-refractivity contribution >= 4 is 38.4 Å². The Kier molecular flexibility index (Phi) is 7.85. The zero-order valence-electron chi connectivity index (χ0n) is 18.9. The van der Waals surface area contributed by atoms with Crippen molar-refractivity contribution in [1.29, 1.82) is 5.41 Å². The Morgan fingerprint density at radius 1 is 0.914 bits per heavy atom. The number of amidine groups is 1. The number of nitrogens with one attached hydrogen (secondary N) is 2. The number of fused-ring (bicyclic) bond motifs is 1. The van der Waals surface area contributed by atoms with Gasteiger partial charge in [-0.05, 0) is 69.9 Å². The van der Waals surface area contributed by atoms with Crippen molar-refractivity contribution in [1.82, 2.24) is 0 Å². The molecule has 35 heavy (non-hydrogen) atoms. The van der Waals surface area contributed by atoms with Crippen LogP contribution in [-0.4, -0.2) is 36.1 Å². The molecule has 0 aliphatic rings. The summed E-state index contributed by atoms with van der Waals surface area (Å²) in [5.74, 6) is -0.916. The molecule has 0 radical (unpaired) electrons. The number of nitrogens with two attached hydrogens (primary N) is 1. The molecule has 4 rings (SSSR count). The normalized spacial score (nSPS) is 10.8. The third kappa shape index (κ3) is 7.13. The van der Waals surface area contributed by atoms with Gasteiger partial charge in [0.25, 0.3) is 10.1 Å². The molecule has 4 aromatic rings. The third-order valence-electron chi connectivity index (χ3n) is 5.10. The van der Waals surface area contributed by atoms with E-state index >= 15 is 0 Å². The van der Waals surface area contributed by atoms with Gasteiger partial charge in [-0.1, -0.05) is 42.5 Å². The van der Waals surface area contributed by atoms with Gasteiger partial charge >= 0.3 is 5.97 Å². The van der Waals surface area contributed by atoms with Crippen molar-refractivity contribution < 1.29 is 22.9 Å². The minimum absolute atomic E-state index is 0.0312. The number of hydrogen-bond donors (Lipinski definition) is 5. The lowest BCUT2D eigenvalue weighted by atomic mass is 9.92. The van der Waals surface area contributed by atoms with E-state index in [1.807, 2.05) is 54.6 Å². The van der Waals surface area contributed by atoms with E-state index in [0.717, 1.165) is 27.6 Å². The molecule has 0 amide bonds. The second-order valence-corrected chi connectivity index (χ2v) is 9.25. The lowest BCUT2D eigenvalue weighted by Crippen LogP contribution is -2.10. The molecule has 8 nitrogen and oxygen atoms in total. The molecule has 6 N–H and O–H groups in total. The Morgan fingerprint density at radius 3 is 2.03 bits per heavy atom. The number of carbonyl (C=O) groups is 1. The van der Waals surface area contributed by atoms with E-state index in [4.69, 9.17) is 15.7 Å². The summed E-state index contributed by atoms with van der Waals surface area (Å²) in [5.41, 5.74) is 9.94. The average Bonchev–Trinajstić information content (AvgIpc) is 2.81. The van der Waals surface area contributed by atoms with Crippen LogP contribution in [0.15, 0.2) is 84.9 Å². The summed E-state index contributed by atoms with van der Waals surface area (Å²) < 4.78 is 25.9. The minimum atomic E-state index is -3.67. The summed E-state index contributed by atoms with van der Waals surface area (Å²) in [6.07, 6.45) is 0.715. The van der Waals surface area contributed by atoms with Crippen LogP contribution in [0.25, 0.3) is 21.9 Å². The molecule has 0 bridgehead atoms. The Labute approximate surface area is 203 Å². The van der Waals surface area contributed by atoms with Gasteiger partial charge in [0.1, 0.15) is 5.84 Å². The van der Waals surface area contributed by atoms with Gasteiger partial charge in [-0.3, -0.25) is 9.96 Å². The number of nitrogen functional groups attached to an aromatic ring is 1. The number of hydrogen-bond acceptors (Lipinski definition) is 5. The first-order valence-corrected chi connectivity index (χ1v) is 12.3. The van der Waals surface area contributed by atoms with Crippen molar-refractivity contribution in [2.75, 3.05) is 11.6 Å². The van der Waals surface area contributed by atoms with Gasteiger partial charge < -0.3 is 16.2 Å². The summed E-state index contributed by atoms with van der Waals surface area (Å²) in [4.78, 5) is 11.8. The first kappa shape index (κ1) is 25.4. The largest absolute Gasteiger partial charge is 0.478 e. The summed E-state index contributed by atoms with van der Waals surface area (Å²) in [5, 5.41) is 22.7. The molecule has 0 spiro atoms. The highest BCUT2D eigenvalue weighted by molar-refractivity contribution is 7.85. The SMILES string of the molecule is CS(=O)(=O)O.N=C(N)c1ccc(NCc2cc3ccccc3cc2-c2ccccc2C(=O)O)cc1. The van der Waals surface area contributed by atoms with Gasteiger partial charge in [0.05, 0.1) is 11.8 Å². The first-order chi connectivity index (χ1) is 16.5. The van der Waals surface area contributed by atoms with Gasteiger partial charge in [0.2, 0.25) is 0 Å². The summed E-state index contributed by atoms with van der Waals surface area (Å²) in [7, 11) is -3.67. The Balaban J connectivity index is 0.000000623. The molecular formula is C26H25N3O5S. The Hall–Kier alpha value is -4.21. The Bertz CT molecular complexity index is 1470. The highest BCUT2D eigenvalue weighted by Crippen LogP contribution is 2.32. The third-order valence-corrected chi connectivity index (χ3v) is 5.10. The molecule has 0 heterocycles. The maximum atomic E-state index is 11.8. The highest BCUT2D eigenvalue weighted by atomic mass is 32.2. The van der Waals surface area contributed by atoms with E-state index in [0.29, 0.717) is 23.9 Å². The maximum absolute atomic E-state index is 11.8. The lowest BCUT2D eigenvalue weighted by Gasteiger charge is -2.15. The monoisotopic (exact) mass is 491 g/mol. The molecule has 0 saturated carbocycles. The predicted molar refractivity (Wildman–Crippen MR) is 139 cm³/mol. The van der Waals surface area contributed by atoms with Crippen molar-refractivity contribution in [3.63, 3.8) is 0 Å². The molecule has 4 aromatic carbocycles. The van der Waals surface area contributed by atoms with Crippen LogP contribution in [0.5, 0.6) is 0 Å². The molecule has 0 fully saturated rings. The van der Waals surface area contributed by atoms with Gasteiger partial charge in [0.15, 0.2) is 0 Å². The molecule has 0 saturated heterocycles. The highest BCUT2D eigenvalue weighted by Gasteiger charge is 2.15. The maximum Gasteiger partial charge on any atom is 0.336 e. The van der Waals surface area contributed by atoms with E-state index in [9.17, 15) is 18.3 Å². The van der Waals surface area contributed by atoms with Crippen molar-refractivity contribution in [3.05, 3.63) is 102 Å². The summed E-state index contributed by atoms with van der Waals surface area (Å²) in [6, 6.07) is 26.6. The van der Waals surface area contributed by atoms with Crippen LogP contribution < -0.4 is 11.1 Å². The Morgan fingerprint density at radius 2 is 1.46 bits per heavy atom. The van der Waals surface area contributed by atoms with Crippen molar-refractivity contribution in [3.8, 4) is 11.1 Å². The van der Waals surface area contributed by atoms with E-state index in [2.05, 4.69) is 11.4 Å². The average molecular weight is 492 g/mol. The van der Waals surface area contributed by atoms with Crippen LogP contribution in [0.4, 0.5) is 5.69 Å². The van der Waals surface area contributed by atoms with Gasteiger partial charge in [-0.25, -0.2) is 4.79 Å². The molecule has 0 aromatic heterocycles. The predicted octanol–water partition coefficient (Wildman–Crippen LogP) is 4.61. The molecule has 0 aliphatic carbocycles. The van der Waals surface area contributed by atoms with Crippen LogP contribution in [0.1, 0.15) is 21.5 Å². The van der Waals surface area contributed by atoms with Gasteiger partial charge in [-0.2, -0.15) is 8.42 Å². The molecule has 0 unspecified atom stereocenters. The number of aromatic carboxylic acids is 1. The molecule has 0 atom stereocenters. The van der Waals surface area contributed by atoms with Gasteiger partial charge in [-0.15, -0.1) is 0 Å². The second kappa shape index (κ2) is 10.8. The molecule has 9 heteroatoms. The summed E-state index contributed by atoms with van der Waals surface area (Å²) >= 11 is 0. The zero-order chi connectivity index (χ0) is 25.6. The van der Waals surface area contributed by atoms with Gasteiger partial charge in [0, 0.05) is 17.8 Å².